The molecule has 0 atom stereocenters. The third-order valence-corrected chi connectivity index (χ3v) is 1.48. The van der Waals surface area contributed by atoms with Gasteiger partial charge in [-0.3, -0.25) is 4.57 Å². The molecule has 2 aromatic heterocycles. The Balaban J connectivity index is 2.51. The Hall–Kier alpha value is -1.91. The van der Waals surface area contributed by atoms with Crippen molar-refractivity contribution in [2.24, 2.45) is 0 Å². The van der Waals surface area contributed by atoms with Gasteiger partial charge in [-0.2, -0.15) is 0 Å². The standard InChI is InChI=1S/C7H7N5/c8-7-10-3-4-12(7)6-1-2-9-5-11-6/h1-5H,(H2,8,10). The van der Waals surface area contributed by atoms with Crippen LogP contribution in [0.25, 0.3) is 5.82 Å². The second-order valence-electron chi connectivity index (χ2n) is 2.22. The molecular weight excluding hydrogens is 154 g/mol. The maximum atomic E-state index is 5.56. The van der Waals surface area contributed by atoms with Gasteiger partial charge in [0.2, 0.25) is 5.95 Å². The molecule has 0 saturated heterocycles. The summed E-state index contributed by atoms with van der Waals surface area (Å²) in [5.74, 6) is 1.15. The van der Waals surface area contributed by atoms with Crippen molar-refractivity contribution < 1.29 is 0 Å². The summed E-state index contributed by atoms with van der Waals surface area (Å²) in [7, 11) is 0. The minimum absolute atomic E-state index is 0.425. The smallest absolute Gasteiger partial charge is 0.206 e. The SMILES string of the molecule is Nc1nccn1-c1ccncn1. The lowest BCUT2D eigenvalue weighted by atomic mass is 10.6. The number of nitrogens with zero attached hydrogens (tertiary/aromatic N) is 4. The van der Waals surface area contributed by atoms with Crippen molar-refractivity contribution in [3.05, 3.63) is 31.0 Å². The molecule has 0 aliphatic rings. The van der Waals surface area contributed by atoms with Gasteiger partial charge in [0.05, 0.1) is 0 Å². The van der Waals surface area contributed by atoms with E-state index in [9.17, 15) is 0 Å². The molecule has 2 N–H and O–H groups in total. The zero-order chi connectivity index (χ0) is 8.39. The van der Waals surface area contributed by atoms with Gasteiger partial charge in [0, 0.05) is 18.6 Å². The van der Waals surface area contributed by atoms with Crippen molar-refractivity contribution in [1.82, 2.24) is 19.5 Å². The van der Waals surface area contributed by atoms with Crippen LogP contribution in [0.3, 0.4) is 0 Å². The number of anilines is 1. The van der Waals surface area contributed by atoms with Crippen molar-refractivity contribution >= 4 is 5.95 Å². The number of rotatable bonds is 1. The summed E-state index contributed by atoms with van der Waals surface area (Å²) in [6.07, 6.45) is 6.49. The van der Waals surface area contributed by atoms with E-state index < -0.39 is 0 Å². The molecule has 0 unspecified atom stereocenters. The fourth-order valence-electron chi connectivity index (χ4n) is 0.935. The Bertz CT molecular complexity index is 366. The molecule has 5 heteroatoms. The molecule has 0 saturated carbocycles. The Labute approximate surface area is 68.9 Å². The second-order valence-corrected chi connectivity index (χ2v) is 2.22. The predicted octanol–water partition coefficient (Wildman–Crippen LogP) is 0.244. The van der Waals surface area contributed by atoms with Crippen LogP contribution >= 0.6 is 0 Å². The van der Waals surface area contributed by atoms with Crippen LogP contribution < -0.4 is 5.73 Å². The second kappa shape index (κ2) is 2.61. The molecule has 0 fully saturated rings. The molecule has 12 heavy (non-hydrogen) atoms. The quantitative estimate of drug-likeness (QED) is 0.650. The first-order valence-corrected chi connectivity index (χ1v) is 3.43. The minimum atomic E-state index is 0.425. The highest BCUT2D eigenvalue weighted by Crippen LogP contribution is 2.06. The van der Waals surface area contributed by atoms with E-state index in [-0.39, 0.29) is 0 Å². The molecule has 0 aliphatic heterocycles. The Morgan fingerprint density at radius 2 is 2.17 bits per heavy atom. The van der Waals surface area contributed by atoms with E-state index in [4.69, 9.17) is 5.73 Å². The molecule has 2 aromatic rings. The van der Waals surface area contributed by atoms with E-state index in [1.54, 1.807) is 29.2 Å². The lowest BCUT2D eigenvalue weighted by Crippen LogP contribution is -2.01. The summed E-state index contributed by atoms with van der Waals surface area (Å²) in [5.41, 5.74) is 5.56. The Morgan fingerprint density at radius 1 is 1.25 bits per heavy atom. The van der Waals surface area contributed by atoms with Crippen molar-refractivity contribution in [3.8, 4) is 5.82 Å². The normalized spacial score (nSPS) is 10.0. The number of nitrogens with two attached hydrogens (primary N) is 1. The summed E-state index contributed by atoms with van der Waals surface area (Å²) < 4.78 is 1.68. The lowest BCUT2D eigenvalue weighted by molar-refractivity contribution is 0.983. The number of imidazole rings is 1. The first kappa shape index (κ1) is 6.78. The summed E-state index contributed by atoms with van der Waals surface area (Å²) in [6.45, 7) is 0. The third kappa shape index (κ3) is 1.01. The summed E-state index contributed by atoms with van der Waals surface area (Å²) >= 11 is 0. The van der Waals surface area contributed by atoms with Gasteiger partial charge in [-0.1, -0.05) is 0 Å². The van der Waals surface area contributed by atoms with E-state index in [1.807, 2.05) is 0 Å². The fourth-order valence-corrected chi connectivity index (χ4v) is 0.935. The maximum absolute atomic E-state index is 5.56. The predicted molar refractivity (Wildman–Crippen MR) is 43.6 cm³/mol. The highest BCUT2D eigenvalue weighted by Gasteiger charge is 1.99. The number of nitrogen functional groups attached to an aromatic ring is 1. The Kier molecular flexibility index (Phi) is 1.48. The fraction of sp³-hybridized carbons (Fsp3) is 0. The molecule has 0 radical (unpaired) electrons. The van der Waals surface area contributed by atoms with Crippen LogP contribution in [0, 0.1) is 0 Å². The average Bonchev–Trinajstić information content (AvgIpc) is 2.53. The van der Waals surface area contributed by atoms with Gasteiger partial charge >= 0.3 is 0 Å². The molecule has 2 heterocycles. The van der Waals surface area contributed by atoms with Crippen molar-refractivity contribution in [2.45, 2.75) is 0 Å². The summed E-state index contributed by atoms with van der Waals surface area (Å²) in [6, 6.07) is 1.76. The highest BCUT2D eigenvalue weighted by molar-refractivity contribution is 5.31. The van der Waals surface area contributed by atoms with Crippen LogP contribution in [0.1, 0.15) is 0 Å². The highest BCUT2D eigenvalue weighted by atomic mass is 15.2. The Morgan fingerprint density at radius 3 is 2.75 bits per heavy atom. The zero-order valence-electron chi connectivity index (χ0n) is 6.25. The summed E-state index contributed by atoms with van der Waals surface area (Å²) in [4.78, 5) is 11.7. The van der Waals surface area contributed by atoms with Crippen LogP contribution in [0.15, 0.2) is 31.0 Å². The van der Waals surface area contributed by atoms with Gasteiger partial charge in [-0.15, -0.1) is 0 Å². The molecule has 2 rings (SSSR count). The van der Waals surface area contributed by atoms with Crippen LogP contribution in [-0.2, 0) is 0 Å². The third-order valence-electron chi connectivity index (χ3n) is 1.48. The molecule has 0 aliphatic carbocycles. The van der Waals surface area contributed by atoms with Crippen LogP contribution in [0.4, 0.5) is 5.95 Å². The zero-order valence-corrected chi connectivity index (χ0v) is 6.25. The number of hydrogen-bond donors (Lipinski definition) is 1. The maximum Gasteiger partial charge on any atom is 0.206 e. The first-order valence-electron chi connectivity index (χ1n) is 3.43. The minimum Gasteiger partial charge on any atom is -0.369 e. The molecule has 0 bridgehead atoms. The molecule has 60 valence electrons. The molecule has 0 amide bonds. The monoisotopic (exact) mass is 161 g/mol. The number of aromatic nitrogens is 4. The van der Waals surface area contributed by atoms with Crippen molar-refractivity contribution in [3.63, 3.8) is 0 Å². The van der Waals surface area contributed by atoms with Crippen LogP contribution in [0.5, 0.6) is 0 Å². The number of hydrogen-bond acceptors (Lipinski definition) is 4. The average molecular weight is 161 g/mol. The van der Waals surface area contributed by atoms with Crippen molar-refractivity contribution in [2.75, 3.05) is 5.73 Å². The van der Waals surface area contributed by atoms with E-state index in [0.29, 0.717) is 5.95 Å². The first-order chi connectivity index (χ1) is 5.88. The largest absolute Gasteiger partial charge is 0.369 e. The van der Waals surface area contributed by atoms with E-state index in [2.05, 4.69) is 15.0 Å². The van der Waals surface area contributed by atoms with Gasteiger partial charge < -0.3 is 5.73 Å². The van der Waals surface area contributed by atoms with Gasteiger partial charge in [0.1, 0.15) is 12.1 Å². The van der Waals surface area contributed by atoms with E-state index in [0.717, 1.165) is 5.82 Å². The lowest BCUT2D eigenvalue weighted by Gasteiger charge is -2.00. The van der Waals surface area contributed by atoms with E-state index in [1.165, 1.54) is 6.33 Å². The van der Waals surface area contributed by atoms with Crippen molar-refractivity contribution in [1.29, 1.82) is 0 Å². The topological polar surface area (TPSA) is 69.6 Å². The molecule has 5 nitrogen and oxygen atoms in total. The van der Waals surface area contributed by atoms with E-state index >= 15 is 0 Å². The van der Waals surface area contributed by atoms with Gasteiger partial charge in [0.25, 0.3) is 0 Å². The van der Waals surface area contributed by atoms with Crippen LogP contribution in [0.2, 0.25) is 0 Å². The van der Waals surface area contributed by atoms with Crippen LogP contribution in [-0.4, -0.2) is 19.5 Å². The molecule has 0 aromatic carbocycles. The van der Waals surface area contributed by atoms with Gasteiger partial charge in [0.15, 0.2) is 0 Å². The molecule has 0 spiro atoms. The molecular formula is C7H7N5. The van der Waals surface area contributed by atoms with Gasteiger partial charge in [-0.25, -0.2) is 15.0 Å². The van der Waals surface area contributed by atoms with Gasteiger partial charge in [-0.05, 0) is 6.07 Å². The summed E-state index contributed by atoms with van der Waals surface area (Å²) in [5, 5.41) is 0.